The van der Waals surface area contributed by atoms with Gasteiger partial charge in [-0.3, -0.25) is 10.1 Å². The van der Waals surface area contributed by atoms with Gasteiger partial charge in [-0.05, 0) is 48.4 Å². The van der Waals surface area contributed by atoms with E-state index in [1.165, 1.54) is 0 Å². The number of hydrogen-bond donors (Lipinski definition) is 1. The van der Waals surface area contributed by atoms with Crippen molar-refractivity contribution in [2.24, 2.45) is 0 Å². The fourth-order valence-corrected chi connectivity index (χ4v) is 3.18. The van der Waals surface area contributed by atoms with E-state index in [1.54, 1.807) is 12.1 Å². The topological polar surface area (TPSA) is 68.0 Å². The highest BCUT2D eigenvalue weighted by molar-refractivity contribution is 8.45. The summed E-state index contributed by atoms with van der Waals surface area (Å²) in [5.74, 6) is -0.744. The number of aromatic nitrogens is 2. The van der Waals surface area contributed by atoms with Crippen LogP contribution in [-0.2, 0) is 6.42 Å². The molecule has 1 heterocycles. The minimum absolute atomic E-state index is 0.139. The van der Waals surface area contributed by atoms with Gasteiger partial charge in [-0.2, -0.15) is 0 Å². The van der Waals surface area contributed by atoms with Crippen LogP contribution in [0.5, 0.6) is 0 Å². The molecule has 29 heavy (non-hydrogen) atoms. The summed E-state index contributed by atoms with van der Waals surface area (Å²) in [6.45, 7) is 2.06. The van der Waals surface area contributed by atoms with Crippen LogP contribution in [0.1, 0.15) is 29.3 Å². The molecule has 3 rings (SSSR count). The Bertz CT molecular complexity index is 1030. The summed E-state index contributed by atoms with van der Waals surface area (Å²) in [7, 11) is -9.79. The van der Waals surface area contributed by atoms with Crippen molar-refractivity contribution in [2.45, 2.75) is 24.7 Å². The highest BCUT2D eigenvalue weighted by atomic mass is 32.5. The summed E-state index contributed by atoms with van der Waals surface area (Å²) >= 11 is 0. The molecule has 0 aliphatic carbocycles. The number of anilines is 1. The zero-order valence-corrected chi connectivity index (χ0v) is 15.9. The van der Waals surface area contributed by atoms with Crippen LogP contribution in [0.25, 0.3) is 11.5 Å². The maximum absolute atomic E-state index is 12.7. The second-order valence-corrected chi connectivity index (χ2v) is 8.72. The lowest BCUT2D eigenvalue weighted by molar-refractivity contribution is 0.102. The van der Waals surface area contributed by atoms with Gasteiger partial charge in [0.15, 0.2) is 0 Å². The van der Waals surface area contributed by atoms with Crippen molar-refractivity contribution in [2.75, 3.05) is 5.32 Å². The quantitative estimate of drug-likeness (QED) is 0.445. The fourth-order valence-electron chi connectivity index (χ4n) is 2.53. The Balaban J connectivity index is 1.72. The molecule has 0 saturated carbocycles. The van der Waals surface area contributed by atoms with Crippen molar-refractivity contribution >= 4 is 22.1 Å². The van der Waals surface area contributed by atoms with E-state index >= 15 is 0 Å². The summed E-state index contributed by atoms with van der Waals surface area (Å²) in [5, 5.41) is 9.67. The molecule has 156 valence electrons. The number of amides is 1. The standard InChI is InChI=1S/C18H16F5N3O2S/c1-2-3-12-4-6-14(7-5-12)17-25-26-18(28-17)24-16(27)13-8-10-15(11-9-13)29(19,20,21,22)23/h4-11H,2-3H2,1H3,(H,24,26,27). The predicted molar refractivity (Wildman–Crippen MR) is 99.5 cm³/mol. The molecule has 1 amide bonds. The second-order valence-electron chi connectivity index (χ2n) is 6.31. The van der Waals surface area contributed by atoms with E-state index in [2.05, 4.69) is 22.4 Å². The lowest BCUT2D eigenvalue weighted by atomic mass is 10.1. The van der Waals surface area contributed by atoms with Gasteiger partial charge in [-0.15, -0.1) is 5.10 Å². The summed E-state index contributed by atoms with van der Waals surface area (Å²) in [5.41, 5.74) is 1.48. The molecule has 0 radical (unpaired) electrons. The zero-order chi connectivity index (χ0) is 21.3. The first-order valence-electron chi connectivity index (χ1n) is 8.44. The normalized spacial score (nSPS) is 14.1. The number of aryl methyl sites for hydroxylation is 1. The summed E-state index contributed by atoms with van der Waals surface area (Å²) in [6, 6.07) is 8.70. The van der Waals surface area contributed by atoms with E-state index in [1.807, 2.05) is 12.1 Å². The molecule has 0 unspecified atom stereocenters. The van der Waals surface area contributed by atoms with Crippen LogP contribution in [0.15, 0.2) is 57.8 Å². The molecular weight excluding hydrogens is 417 g/mol. The van der Waals surface area contributed by atoms with Crippen LogP contribution >= 0.6 is 10.2 Å². The van der Waals surface area contributed by atoms with Crippen LogP contribution in [0.2, 0.25) is 0 Å². The lowest BCUT2D eigenvalue weighted by Crippen LogP contribution is -2.13. The van der Waals surface area contributed by atoms with Crippen molar-refractivity contribution < 1.29 is 28.6 Å². The average Bonchev–Trinajstić information content (AvgIpc) is 3.09. The zero-order valence-electron chi connectivity index (χ0n) is 15.0. The third kappa shape index (κ3) is 5.11. The van der Waals surface area contributed by atoms with E-state index in [-0.39, 0.29) is 29.6 Å². The molecule has 0 aliphatic rings. The van der Waals surface area contributed by atoms with Gasteiger partial charge in [-0.1, -0.05) is 50.0 Å². The molecule has 1 N–H and O–H groups in total. The number of carbonyl (C=O) groups excluding carboxylic acids is 1. The number of nitrogens with one attached hydrogen (secondary N) is 1. The first kappa shape index (κ1) is 20.8. The third-order valence-electron chi connectivity index (χ3n) is 3.95. The number of halogens is 5. The highest BCUT2D eigenvalue weighted by Crippen LogP contribution is 3.02. The molecule has 2 aromatic carbocycles. The van der Waals surface area contributed by atoms with Gasteiger partial charge >= 0.3 is 16.2 Å². The molecule has 1 aromatic heterocycles. The Kier molecular flexibility index (Phi) is 4.69. The maximum Gasteiger partial charge on any atom is 0.322 e. The minimum atomic E-state index is -9.79. The van der Waals surface area contributed by atoms with Crippen molar-refractivity contribution in [3.05, 3.63) is 59.7 Å². The molecule has 0 bridgehead atoms. The lowest BCUT2D eigenvalue weighted by Gasteiger charge is -2.40. The molecular formula is C18H16F5N3O2S. The maximum atomic E-state index is 12.7. The van der Waals surface area contributed by atoms with E-state index < -0.39 is 21.0 Å². The monoisotopic (exact) mass is 433 g/mol. The molecule has 5 nitrogen and oxygen atoms in total. The van der Waals surface area contributed by atoms with Crippen LogP contribution in [0, 0.1) is 0 Å². The molecule has 0 fully saturated rings. The van der Waals surface area contributed by atoms with Crippen LogP contribution < -0.4 is 5.32 Å². The first-order valence-corrected chi connectivity index (χ1v) is 10.4. The molecule has 0 atom stereocenters. The Morgan fingerprint density at radius 3 is 2.14 bits per heavy atom. The average molecular weight is 433 g/mol. The molecule has 0 aliphatic heterocycles. The van der Waals surface area contributed by atoms with Gasteiger partial charge < -0.3 is 4.42 Å². The van der Waals surface area contributed by atoms with Gasteiger partial charge in [-0.25, -0.2) is 0 Å². The second kappa shape index (κ2) is 6.55. The molecule has 3 aromatic rings. The van der Waals surface area contributed by atoms with Crippen LogP contribution in [-0.4, -0.2) is 16.1 Å². The number of rotatable bonds is 6. The highest BCUT2D eigenvalue weighted by Gasteiger charge is 2.65. The Morgan fingerprint density at radius 1 is 0.966 bits per heavy atom. The van der Waals surface area contributed by atoms with Gasteiger partial charge in [0.1, 0.15) is 4.90 Å². The van der Waals surface area contributed by atoms with Gasteiger partial charge in [0, 0.05) is 11.1 Å². The predicted octanol–water partition coefficient (Wildman–Crippen LogP) is 6.60. The third-order valence-corrected chi connectivity index (χ3v) is 5.11. The van der Waals surface area contributed by atoms with Crippen molar-refractivity contribution in [1.82, 2.24) is 10.2 Å². The smallest absolute Gasteiger partial charge is 0.322 e. The first-order chi connectivity index (χ1) is 13.4. The summed E-state index contributed by atoms with van der Waals surface area (Å²) in [6.07, 6.45) is 1.92. The molecule has 0 spiro atoms. The van der Waals surface area contributed by atoms with Gasteiger partial charge in [0.25, 0.3) is 5.91 Å². The van der Waals surface area contributed by atoms with E-state index in [9.17, 15) is 24.2 Å². The number of hydrogen-bond acceptors (Lipinski definition) is 4. The van der Waals surface area contributed by atoms with Crippen LogP contribution in [0.3, 0.4) is 0 Å². The number of benzene rings is 2. The van der Waals surface area contributed by atoms with E-state index in [0.29, 0.717) is 17.7 Å². The Hall–Kier alpha value is -2.95. The largest absolute Gasteiger partial charge is 0.403 e. The Morgan fingerprint density at radius 2 is 1.59 bits per heavy atom. The molecule has 11 heteroatoms. The van der Waals surface area contributed by atoms with E-state index in [0.717, 1.165) is 18.4 Å². The number of nitrogens with zero attached hydrogens (tertiary/aromatic N) is 2. The summed E-state index contributed by atoms with van der Waals surface area (Å²) < 4.78 is 68.9. The SMILES string of the molecule is CCCc1ccc(-c2nnc(NC(=O)c3ccc(S(F)(F)(F)(F)F)cc3)o2)cc1. The van der Waals surface area contributed by atoms with E-state index in [4.69, 9.17) is 4.42 Å². The van der Waals surface area contributed by atoms with Crippen molar-refractivity contribution in [1.29, 1.82) is 0 Å². The number of carbonyl (C=O) groups is 1. The van der Waals surface area contributed by atoms with Gasteiger partial charge in [0.2, 0.25) is 5.89 Å². The fraction of sp³-hybridized carbons (Fsp3) is 0.167. The Labute approximate surface area is 162 Å². The van der Waals surface area contributed by atoms with Crippen molar-refractivity contribution in [3.63, 3.8) is 0 Å². The molecule has 0 saturated heterocycles. The van der Waals surface area contributed by atoms with Crippen LogP contribution in [0.4, 0.5) is 25.4 Å². The minimum Gasteiger partial charge on any atom is -0.403 e. The van der Waals surface area contributed by atoms with Crippen molar-refractivity contribution in [3.8, 4) is 11.5 Å². The summed E-state index contributed by atoms with van der Waals surface area (Å²) in [4.78, 5) is 10.0. The van der Waals surface area contributed by atoms with Gasteiger partial charge in [0.05, 0.1) is 0 Å².